The van der Waals surface area contributed by atoms with Crippen LogP contribution in [0.1, 0.15) is 13.3 Å². The van der Waals surface area contributed by atoms with Gasteiger partial charge in [-0.2, -0.15) is 11.8 Å². The van der Waals surface area contributed by atoms with Gasteiger partial charge in [0.2, 0.25) is 5.96 Å². The first kappa shape index (κ1) is 9.51. The van der Waals surface area contributed by atoms with Gasteiger partial charge in [0.25, 0.3) is 0 Å². The third-order valence-corrected chi connectivity index (χ3v) is 3.50. The zero-order valence-electron chi connectivity index (χ0n) is 7.74. The Labute approximate surface area is 85.7 Å². The lowest BCUT2D eigenvalue weighted by Gasteiger charge is -2.02. The molecule has 2 N–H and O–H groups in total. The molecule has 0 aromatic carbocycles. The van der Waals surface area contributed by atoms with Crippen molar-refractivity contribution in [2.75, 3.05) is 5.75 Å². The molecule has 2 rings (SSSR count). The molecule has 0 saturated carbocycles. The van der Waals surface area contributed by atoms with Gasteiger partial charge in [0.1, 0.15) is 0 Å². The van der Waals surface area contributed by atoms with E-state index in [0.29, 0.717) is 11.2 Å². The molecule has 2 aliphatic heterocycles. The molecule has 2 unspecified atom stereocenters. The maximum atomic E-state index is 10.8. The van der Waals surface area contributed by atoms with Crippen molar-refractivity contribution in [1.82, 2.24) is 10.6 Å². The summed E-state index contributed by atoms with van der Waals surface area (Å²) in [6.45, 7) is 2.15. The first-order chi connectivity index (χ1) is 6.65. The number of hydrogen-bond donors (Lipinski definition) is 2. The first-order valence-corrected chi connectivity index (χ1v) is 5.52. The van der Waals surface area contributed by atoms with E-state index in [9.17, 15) is 9.59 Å². The largest absolute Gasteiger partial charge is 0.316 e. The van der Waals surface area contributed by atoms with Crippen molar-refractivity contribution >= 4 is 29.5 Å². The highest BCUT2D eigenvalue weighted by molar-refractivity contribution is 8.00. The molecule has 0 aromatic rings. The normalized spacial score (nSPS) is 31.6. The van der Waals surface area contributed by atoms with E-state index in [1.807, 2.05) is 11.8 Å². The number of nitrogens with zero attached hydrogens (tertiary/aromatic N) is 1. The standard InChI is InChI=1S/C8H11N3O2S/c1-4-2-5(3-14-4)9-8-10-6(12)7(13)11-8/h4-5H,2-3H2,1H3,(H2,9,10,11,12,13). The quantitative estimate of drug-likeness (QED) is 0.576. The second kappa shape index (κ2) is 3.61. The van der Waals surface area contributed by atoms with Crippen LogP contribution in [-0.4, -0.2) is 34.8 Å². The SMILES string of the molecule is CC1CC(N=C2NC(=O)C(=O)N2)CS1. The highest BCUT2D eigenvalue weighted by Crippen LogP contribution is 2.27. The fourth-order valence-electron chi connectivity index (χ4n) is 1.49. The average Bonchev–Trinajstić information content (AvgIpc) is 2.62. The van der Waals surface area contributed by atoms with Gasteiger partial charge in [-0.1, -0.05) is 6.92 Å². The zero-order valence-corrected chi connectivity index (χ0v) is 8.56. The molecule has 5 nitrogen and oxygen atoms in total. The van der Waals surface area contributed by atoms with Gasteiger partial charge >= 0.3 is 11.8 Å². The minimum atomic E-state index is -0.623. The molecule has 14 heavy (non-hydrogen) atoms. The van der Waals surface area contributed by atoms with Crippen LogP contribution in [0.15, 0.2) is 4.99 Å². The molecular weight excluding hydrogens is 202 g/mol. The fraction of sp³-hybridized carbons (Fsp3) is 0.625. The predicted molar refractivity (Wildman–Crippen MR) is 54.0 cm³/mol. The topological polar surface area (TPSA) is 70.6 Å². The molecule has 0 aliphatic carbocycles. The van der Waals surface area contributed by atoms with Gasteiger partial charge in [0.05, 0.1) is 6.04 Å². The Balaban J connectivity index is 1.99. The second-order valence-corrected chi connectivity index (χ2v) is 4.89. The van der Waals surface area contributed by atoms with E-state index in [1.165, 1.54) is 0 Å². The zero-order chi connectivity index (χ0) is 10.1. The molecule has 76 valence electrons. The summed E-state index contributed by atoms with van der Waals surface area (Å²) >= 11 is 1.86. The Bertz CT molecular complexity index is 298. The fourth-order valence-corrected chi connectivity index (χ4v) is 2.61. The molecule has 2 amide bonds. The minimum Gasteiger partial charge on any atom is -0.288 e. The number of nitrogens with one attached hydrogen (secondary N) is 2. The smallest absolute Gasteiger partial charge is 0.288 e. The van der Waals surface area contributed by atoms with E-state index < -0.39 is 11.8 Å². The van der Waals surface area contributed by atoms with E-state index in [4.69, 9.17) is 0 Å². The van der Waals surface area contributed by atoms with E-state index in [0.717, 1.165) is 12.2 Å². The molecule has 2 atom stereocenters. The van der Waals surface area contributed by atoms with Crippen LogP contribution in [0.4, 0.5) is 0 Å². The van der Waals surface area contributed by atoms with Crippen LogP contribution in [-0.2, 0) is 9.59 Å². The van der Waals surface area contributed by atoms with Crippen molar-refractivity contribution in [3.8, 4) is 0 Å². The minimum absolute atomic E-state index is 0.212. The number of guanidine groups is 1. The summed E-state index contributed by atoms with van der Waals surface area (Å²) in [6, 6.07) is 0.212. The van der Waals surface area contributed by atoms with E-state index in [-0.39, 0.29) is 6.04 Å². The first-order valence-electron chi connectivity index (χ1n) is 4.47. The highest BCUT2D eigenvalue weighted by Gasteiger charge is 2.28. The van der Waals surface area contributed by atoms with Crippen LogP contribution >= 0.6 is 11.8 Å². The molecule has 0 spiro atoms. The number of hydrogen-bond acceptors (Lipinski definition) is 4. The predicted octanol–water partition coefficient (Wildman–Crippen LogP) is -0.518. The molecular formula is C8H11N3O2S. The lowest BCUT2D eigenvalue weighted by molar-refractivity contribution is -0.135. The maximum absolute atomic E-state index is 10.8. The van der Waals surface area contributed by atoms with Crippen LogP contribution in [0.2, 0.25) is 0 Å². The van der Waals surface area contributed by atoms with Crippen LogP contribution in [0.25, 0.3) is 0 Å². The molecule has 0 radical (unpaired) electrons. The molecule has 2 saturated heterocycles. The summed E-state index contributed by atoms with van der Waals surface area (Å²) in [6.07, 6.45) is 1.000. The Kier molecular flexibility index (Phi) is 2.45. The van der Waals surface area contributed by atoms with Crippen molar-refractivity contribution < 1.29 is 9.59 Å². The Morgan fingerprint density at radius 2 is 2.00 bits per heavy atom. The Hall–Kier alpha value is -1.04. The molecule has 0 bridgehead atoms. The molecule has 2 fully saturated rings. The number of aliphatic imine (C=N–C) groups is 1. The monoisotopic (exact) mass is 213 g/mol. The summed E-state index contributed by atoms with van der Waals surface area (Å²) in [7, 11) is 0. The van der Waals surface area contributed by atoms with E-state index in [2.05, 4.69) is 22.5 Å². The third-order valence-electron chi connectivity index (χ3n) is 2.16. The number of carbonyl (C=O) groups is 2. The van der Waals surface area contributed by atoms with Gasteiger partial charge < -0.3 is 0 Å². The molecule has 6 heteroatoms. The van der Waals surface area contributed by atoms with Gasteiger partial charge in [0.15, 0.2) is 0 Å². The van der Waals surface area contributed by atoms with Crippen LogP contribution < -0.4 is 10.6 Å². The summed E-state index contributed by atoms with van der Waals surface area (Å²) in [5.41, 5.74) is 0. The summed E-state index contributed by atoms with van der Waals surface area (Å²) in [5, 5.41) is 5.38. The van der Waals surface area contributed by atoms with Crippen LogP contribution in [0.3, 0.4) is 0 Å². The average molecular weight is 213 g/mol. The van der Waals surface area contributed by atoms with Gasteiger partial charge in [-0.25, -0.2) is 4.99 Å². The van der Waals surface area contributed by atoms with Gasteiger partial charge in [0, 0.05) is 11.0 Å². The number of rotatable bonds is 1. The summed E-state index contributed by atoms with van der Waals surface area (Å²) < 4.78 is 0. The highest BCUT2D eigenvalue weighted by atomic mass is 32.2. The van der Waals surface area contributed by atoms with Crippen molar-refractivity contribution in [1.29, 1.82) is 0 Å². The number of amides is 2. The van der Waals surface area contributed by atoms with Gasteiger partial charge in [-0.15, -0.1) is 0 Å². The van der Waals surface area contributed by atoms with Crippen molar-refractivity contribution in [2.24, 2.45) is 4.99 Å². The van der Waals surface area contributed by atoms with E-state index >= 15 is 0 Å². The third kappa shape index (κ3) is 1.89. The Morgan fingerprint density at radius 3 is 2.50 bits per heavy atom. The second-order valence-electron chi connectivity index (χ2n) is 3.42. The maximum Gasteiger partial charge on any atom is 0.316 e. The van der Waals surface area contributed by atoms with Gasteiger partial charge in [-0.05, 0) is 6.42 Å². The molecule has 2 heterocycles. The summed E-state index contributed by atoms with van der Waals surface area (Å²) in [5.74, 6) is 0.0146. The Morgan fingerprint density at radius 1 is 1.36 bits per heavy atom. The van der Waals surface area contributed by atoms with Crippen LogP contribution in [0, 0.1) is 0 Å². The van der Waals surface area contributed by atoms with Crippen molar-refractivity contribution in [2.45, 2.75) is 24.6 Å². The lowest BCUT2D eigenvalue weighted by Crippen LogP contribution is -2.27. The molecule has 0 aromatic heterocycles. The number of carbonyl (C=O) groups excluding carboxylic acids is 2. The van der Waals surface area contributed by atoms with Gasteiger partial charge in [-0.3, -0.25) is 20.2 Å². The van der Waals surface area contributed by atoms with Crippen molar-refractivity contribution in [3.63, 3.8) is 0 Å². The lowest BCUT2D eigenvalue weighted by atomic mass is 10.2. The van der Waals surface area contributed by atoms with Crippen molar-refractivity contribution in [3.05, 3.63) is 0 Å². The van der Waals surface area contributed by atoms with E-state index in [1.54, 1.807) is 0 Å². The van der Waals surface area contributed by atoms with Crippen LogP contribution in [0.5, 0.6) is 0 Å². The number of thioether (sulfide) groups is 1. The molecule has 2 aliphatic rings. The summed E-state index contributed by atoms with van der Waals surface area (Å²) in [4.78, 5) is 25.9.